The lowest BCUT2D eigenvalue weighted by Gasteiger charge is -2.39. The van der Waals surface area contributed by atoms with Gasteiger partial charge in [0.25, 0.3) is 0 Å². The Balaban J connectivity index is 1.84. The summed E-state index contributed by atoms with van der Waals surface area (Å²) in [6.07, 6.45) is 6.71. The van der Waals surface area contributed by atoms with Crippen LogP contribution in [-0.4, -0.2) is 6.04 Å². The van der Waals surface area contributed by atoms with Crippen molar-refractivity contribution < 1.29 is 0 Å². The molecule has 2 rings (SSSR count). The molecule has 18 heavy (non-hydrogen) atoms. The topological polar surface area (TPSA) is 12.0 Å². The summed E-state index contributed by atoms with van der Waals surface area (Å²) in [5.74, 6) is 0.913. The van der Waals surface area contributed by atoms with E-state index in [9.17, 15) is 0 Å². The molecular formula is C17H27N. The van der Waals surface area contributed by atoms with Crippen molar-refractivity contribution in [2.45, 2.75) is 58.9 Å². The van der Waals surface area contributed by atoms with Crippen LogP contribution in [0.4, 0.5) is 5.69 Å². The highest BCUT2D eigenvalue weighted by molar-refractivity contribution is 5.43. The number of para-hydroxylation sites is 1. The molecule has 1 aliphatic rings. The van der Waals surface area contributed by atoms with Gasteiger partial charge in [-0.25, -0.2) is 0 Å². The van der Waals surface area contributed by atoms with Gasteiger partial charge in [0, 0.05) is 11.7 Å². The van der Waals surface area contributed by atoms with Gasteiger partial charge in [-0.1, -0.05) is 45.4 Å². The van der Waals surface area contributed by atoms with Gasteiger partial charge in [0.1, 0.15) is 0 Å². The number of anilines is 1. The third kappa shape index (κ3) is 3.28. The quantitative estimate of drug-likeness (QED) is 0.778. The summed E-state index contributed by atoms with van der Waals surface area (Å²) in [5, 5.41) is 3.67. The molecule has 100 valence electrons. The Hall–Kier alpha value is -0.980. The molecule has 1 aliphatic carbocycles. The van der Waals surface area contributed by atoms with E-state index in [1.165, 1.54) is 37.8 Å². The Morgan fingerprint density at radius 1 is 1.06 bits per heavy atom. The van der Waals surface area contributed by atoms with Crippen LogP contribution in [0.3, 0.4) is 0 Å². The monoisotopic (exact) mass is 245 g/mol. The second-order valence-corrected chi connectivity index (χ2v) is 6.40. The van der Waals surface area contributed by atoms with E-state index in [1.54, 1.807) is 0 Å². The number of nitrogens with one attached hydrogen (secondary N) is 1. The largest absolute Gasteiger partial charge is 0.382 e. The Bertz CT molecular complexity index is 347. The maximum atomic E-state index is 3.67. The summed E-state index contributed by atoms with van der Waals surface area (Å²) >= 11 is 0. The average Bonchev–Trinajstić information content (AvgIpc) is 2.40. The molecule has 1 fully saturated rings. The molecule has 1 aromatic rings. The first-order valence-electron chi connectivity index (χ1n) is 7.43. The van der Waals surface area contributed by atoms with Crippen LogP contribution in [0.2, 0.25) is 0 Å². The molecule has 1 N–H and O–H groups in total. The van der Waals surface area contributed by atoms with Gasteiger partial charge in [0.2, 0.25) is 0 Å². The van der Waals surface area contributed by atoms with Gasteiger partial charge >= 0.3 is 0 Å². The van der Waals surface area contributed by atoms with Gasteiger partial charge in [0.15, 0.2) is 0 Å². The SMILES string of the molecule is CCC(C)(C)C1CCC(Nc2ccccc2)CC1. The number of hydrogen-bond donors (Lipinski definition) is 1. The molecule has 0 saturated heterocycles. The zero-order chi connectivity index (χ0) is 13.0. The summed E-state index contributed by atoms with van der Waals surface area (Å²) in [7, 11) is 0. The van der Waals surface area contributed by atoms with Crippen molar-refractivity contribution in [1.82, 2.24) is 0 Å². The van der Waals surface area contributed by atoms with Crippen molar-refractivity contribution in [2.24, 2.45) is 11.3 Å². The minimum absolute atomic E-state index is 0.526. The average molecular weight is 245 g/mol. The molecule has 0 amide bonds. The van der Waals surface area contributed by atoms with Crippen LogP contribution < -0.4 is 5.32 Å². The Morgan fingerprint density at radius 3 is 2.22 bits per heavy atom. The molecule has 1 nitrogen and oxygen atoms in total. The zero-order valence-electron chi connectivity index (χ0n) is 12.1. The standard InChI is InChI=1S/C17H27N/c1-4-17(2,3)14-10-12-16(13-11-14)18-15-8-6-5-7-9-15/h5-9,14,16,18H,4,10-13H2,1-3H3. The van der Waals surface area contributed by atoms with Crippen molar-refractivity contribution in [2.75, 3.05) is 5.32 Å². The second kappa shape index (κ2) is 5.77. The molecule has 0 heterocycles. The Kier molecular flexibility index (Phi) is 4.31. The van der Waals surface area contributed by atoms with Crippen molar-refractivity contribution in [3.05, 3.63) is 30.3 Å². The van der Waals surface area contributed by atoms with Crippen molar-refractivity contribution >= 4 is 5.69 Å². The van der Waals surface area contributed by atoms with E-state index in [0.717, 1.165) is 5.92 Å². The molecule has 1 aromatic carbocycles. The van der Waals surface area contributed by atoms with Crippen LogP contribution in [0.15, 0.2) is 30.3 Å². The molecule has 0 atom stereocenters. The maximum Gasteiger partial charge on any atom is 0.0342 e. The predicted molar refractivity (Wildman–Crippen MR) is 79.9 cm³/mol. The van der Waals surface area contributed by atoms with E-state index in [1.807, 2.05) is 0 Å². The molecule has 1 heteroatoms. The van der Waals surface area contributed by atoms with Crippen LogP contribution in [0.1, 0.15) is 52.9 Å². The van der Waals surface area contributed by atoms with Gasteiger partial charge in [-0.3, -0.25) is 0 Å². The fraction of sp³-hybridized carbons (Fsp3) is 0.647. The maximum absolute atomic E-state index is 3.67. The summed E-state index contributed by atoms with van der Waals surface area (Å²) in [4.78, 5) is 0. The first kappa shape index (κ1) is 13.5. The van der Waals surface area contributed by atoms with Crippen LogP contribution >= 0.6 is 0 Å². The fourth-order valence-electron chi connectivity index (χ4n) is 3.08. The van der Waals surface area contributed by atoms with Crippen LogP contribution in [-0.2, 0) is 0 Å². The summed E-state index contributed by atoms with van der Waals surface area (Å²) in [5.41, 5.74) is 1.80. The molecule has 0 aliphatic heterocycles. The minimum atomic E-state index is 0.526. The highest BCUT2D eigenvalue weighted by Crippen LogP contribution is 2.40. The molecule has 0 bridgehead atoms. The lowest BCUT2D eigenvalue weighted by atomic mass is 9.69. The highest BCUT2D eigenvalue weighted by Gasteiger charge is 2.31. The van der Waals surface area contributed by atoms with Crippen LogP contribution in [0.5, 0.6) is 0 Å². The van der Waals surface area contributed by atoms with Gasteiger partial charge in [-0.15, -0.1) is 0 Å². The van der Waals surface area contributed by atoms with E-state index in [-0.39, 0.29) is 0 Å². The number of rotatable bonds is 4. The Labute approximate surface area is 112 Å². The van der Waals surface area contributed by atoms with Gasteiger partial charge < -0.3 is 5.32 Å². The van der Waals surface area contributed by atoms with Crippen molar-refractivity contribution in [3.63, 3.8) is 0 Å². The zero-order valence-corrected chi connectivity index (χ0v) is 12.1. The van der Waals surface area contributed by atoms with E-state index in [4.69, 9.17) is 0 Å². The Morgan fingerprint density at radius 2 is 1.67 bits per heavy atom. The summed E-state index contributed by atoms with van der Waals surface area (Å²) < 4.78 is 0. The van der Waals surface area contributed by atoms with E-state index in [2.05, 4.69) is 56.4 Å². The van der Waals surface area contributed by atoms with Crippen molar-refractivity contribution in [1.29, 1.82) is 0 Å². The summed E-state index contributed by atoms with van der Waals surface area (Å²) in [6, 6.07) is 11.3. The molecule has 0 unspecified atom stereocenters. The summed E-state index contributed by atoms with van der Waals surface area (Å²) in [6.45, 7) is 7.19. The van der Waals surface area contributed by atoms with Gasteiger partial charge in [0.05, 0.1) is 0 Å². The van der Waals surface area contributed by atoms with Crippen molar-refractivity contribution in [3.8, 4) is 0 Å². The predicted octanol–water partition coefficient (Wildman–Crippen LogP) is 5.09. The third-order valence-electron chi connectivity index (χ3n) is 4.89. The van der Waals surface area contributed by atoms with Gasteiger partial charge in [-0.2, -0.15) is 0 Å². The van der Waals surface area contributed by atoms with Crippen LogP contribution in [0.25, 0.3) is 0 Å². The smallest absolute Gasteiger partial charge is 0.0342 e. The second-order valence-electron chi connectivity index (χ2n) is 6.40. The third-order valence-corrected chi connectivity index (χ3v) is 4.89. The lowest BCUT2D eigenvalue weighted by Crippen LogP contribution is -2.32. The minimum Gasteiger partial charge on any atom is -0.382 e. The number of benzene rings is 1. The molecule has 0 spiro atoms. The number of hydrogen-bond acceptors (Lipinski definition) is 1. The molecular weight excluding hydrogens is 218 g/mol. The highest BCUT2D eigenvalue weighted by atomic mass is 14.9. The normalized spacial score (nSPS) is 24.8. The molecule has 0 aromatic heterocycles. The fourth-order valence-corrected chi connectivity index (χ4v) is 3.08. The van der Waals surface area contributed by atoms with E-state index >= 15 is 0 Å². The van der Waals surface area contributed by atoms with E-state index < -0.39 is 0 Å². The van der Waals surface area contributed by atoms with Crippen LogP contribution in [0, 0.1) is 11.3 Å². The lowest BCUT2D eigenvalue weighted by molar-refractivity contribution is 0.147. The molecule has 0 radical (unpaired) electrons. The first-order chi connectivity index (χ1) is 8.62. The molecule has 1 saturated carbocycles. The first-order valence-corrected chi connectivity index (χ1v) is 7.43. The van der Waals surface area contributed by atoms with Gasteiger partial charge in [-0.05, 0) is 49.1 Å². The van der Waals surface area contributed by atoms with E-state index in [0.29, 0.717) is 11.5 Å².